The number of urea groups is 1. The molecule has 0 aromatic heterocycles. The Morgan fingerprint density at radius 1 is 1.48 bits per heavy atom. The number of carbonyl (C=O) groups excluding carboxylic acids is 3. The van der Waals surface area contributed by atoms with Gasteiger partial charge < -0.3 is 15.5 Å². The molecule has 3 atom stereocenters. The highest BCUT2D eigenvalue weighted by Gasteiger charge is 2.48. The molecule has 1 fully saturated rings. The number of nitrogens with zero attached hydrogens (tertiary/aromatic N) is 2. The van der Waals surface area contributed by atoms with Crippen molar-refractivity contribution in [3.8, 4) is 0 Å². The van der Waals surface area contributed by atoms with E-state index in [1.54, 1.807) is 13.0 Å². The van der Waals surface area contributed by atoms with Crippen LogP contribution in [0.15, 0.2) is 11.6 Å². The van der Waals surface area contributed by atoms with Gasteiger partial charge in [-0.3, -0.25) is 4.79 Å². The maximum absolute atomic E-state index is 13.6. The third kappa shape index (κ3) is 2.57. The van der Waals surface area contributed by atoms with Crippen LogP contribution >= 0.6 is 0 Å². The molecule has 2 rings (SSSR count). The first-order valence-electron chi connectivity index (χ1n) is 6.67. The van der Waals surface area contributed by atoms with Crippen molar-refractivity contribution in [2.75, 3.05) is 6.54 Å². The number of carbonyl (C=O) groups is 3. The van der Waals surface area contributed by atoms with E-state index in [1.807, 2.05) is 0 Å². The summed E-state index contributed by atoms with van der Waals surface area (Å²) in [7, 11) is 0. The Bertz CT molecular complexity index is 520. The van der Waals surface area contributed by atoms with Crippen LogP contribution in [0.5, 0.6) is 0 Å². The average Bonchev–Trinajstić information content (AvgIpc) is 2.62. The lowest BCUT2D eigenvalue weighted by molar-refractivity contribution is -0.185. The van der Waals surface area contributed by atoms with E-state index in [-0.39, 0.29) is 6.54 Å². The highest BCUT2D eigenvalue weighted by Crippen LogP contribution is 2.29. The summed E-state index contributed by atoms with van der Waals surface area (Å²) in [4.78, 5) is 41.4. The van der Waals surface area contributed by atoms with Gasteiger partial charge in [-0.15, -0.1) is 5.06 Å². The van der Waals surface area contributed by atoms with E-state index in [9.17, 15) is 18.8 Å². The van der Waals surface area contributed by atoms with Crippen molar-refractivity contribution in [2.45, 2.75) is 39.0 Å². The lowest BCUT2D eigenvalue weighted by Crippen LogP contribution is -2.48. The molecular weight excluding hydrogens is 281 g/mol. The van der Waals surface area contributed by atoms with Crippen molar-refractivity contribution in [3.05, 3.63) is 11.6 Å². The van der Waals surface area contributed by atoms with Crippen LogP contribution in [0.2, 0.25) is 0 Å². The standard InChI is InChI=1S/C13H18FN3O4/c1-6(2)9(14)12(19)21-17-8-4-7(3)10(11(15)18)16(5-8)13(17)20/h4,6,8-10H,5H2,1-3H3,(H2,15,18)/t8-,9+,10+/m1/s1. The number of primary amides is 1. The summed E-state index contributed by atoms with van der Waals surface area (Å²) >= 11 is 0. The number of amides is 3. The number of hydrogen-bond acceptors (Lipinski definition) is 4. The molecule has 116 valence electrons. The Balaban J connectivity index is 2.17. The Morgan fingerprint density at radius 2 is 2.10 bits per heavy atom. The molecule has 3 amide bonds. The fourth-order valence-corrected chi connectivity index (χ4v) is 2.50. The molecule has 0 aromatic carbocycles. The van der Waals surface area contributed by atoms with E-state index in [2.05, 4.69) is 0 Å². The van der Waals surface area contributed by atoms with Crippen LogP contribution in [0.4, 0.5) is 9.18 Å². The minimum Gasteiger partial charge on any atom is -0.368 e. The lowest BCUT2D eigenvalue weighted by Gasteiger charge is -2.27. The average molecular weight is 299 g/mol. The first-order chi connectivity index (χ1) is 9.73. The number of hydrogen-bond donors (Lipinski definition) is 1. The predicted octanol–water partition coefficient (Wildman–Crippen LogP) is 0.359. The Kier molecular flexibility index (Phi) is 3.89. The van der Waals surface area contributed by atoms with Crippen LogP contribution in [0.25, 0.3) is 0 Å². The fourth-order valence-electron chi connectivity index (χ4n) is 2.50. The van der Waals surface area contributed by atoms with Gasteiger partial charge in [0.1, 0.15) is 12.1 Å². The van der Waals surface area contributed by atoms with Gasteiger partial charge in [0.15, 0.2) is 0 Å². The van der Waals surface area contributed by atoms with Crippen LogP contribution in [0.3, 0.4) is 0 Å². The maximum atomic E-state index is 13.6. The molecule has 1 saturated heterocycles. The molecule has 0 unspecified atom stereocenters. The summed E-state index contributed by atoms with van der Waals surface area (Å²) in [5.74, 6) is -2.33. The van der Waals surface area contributed by atoms with Crippen LogP contribution < -0.4 is 5.73 Å². The third-order valence-corrected chi connectivity index (χ3v) is 3.59. The molecule has 0 aromatic rings. The first kappa shape index (κ1) is 15.3. The second-order valence-electron chi connectivity index (χ2n) is 5.60. The van der Waals surface area contributed by atoms with Crippen molar-refractivity contribution in [2.24, 2.45) is 11.7 Å². The molecule has 0 aliphatic carbocycles. The number of rotatable bonds is 4. The monoisotopic (exact) mass is 299 g/mol. The van der Waals surface area contributed by atoms with Crippen molar-refractivity contribution < 1.29 is 23.6 Å². The van der Waals surface area contributed by atoms with Gasteiger partial charge in [-0.1, -0.05) is 19.9 Å². The SMILES string of the molecule is CC1=C[C@@H]2CN(C(=O)N2OC(=O)[C@@H](F)C(C)C)[C@@H]1C(N)=O. The van der Waals surface area contributed by atoms with Crippen LogP contribution in [-0.4, -0.2) is 52.7 Å². The van der Waals surface area contributed by atoms with Crippen molar-refractivity contribution in [1.82, 2.24) is 9.96 Å². The van der Waals surface area contributed by atoms with Gasteiger partial charge in [0.25, 0.3) is 0 Å². The lowest BCUT2D eigenvalue weighted by atomic mass is 10.0. The van der Waals surface area contributed by atoms with E-state index in [0.29, 0.717) is 5.57 Å². The van der Waals surface area contributed by atoms with E-state index in [1.165, 1.54) is 18.7 Å². The summed E-state index contributed by atoms with van der Waals surface area (Å²) in [5, 5.41) is 0.809. The van der Waals surface area contributed by atoms with Gasteiger partial charge in [-0.25, -0.2) is 14.0 Å². The van der Waals surface area contributed by atoms with E-state index >= 15 is 0 Å². The zero-order valence-corrected chi connectivity index (χ0v) is 12.1. The molecule has 7 nitrogen and oxygen atoms in total. The number of halogens is 1. The normalized spacial score (nSPS) is 26.0. The Morgan fingerprint density at radius 3 is 2.62 bits per heavy atom. The Labute approximate surface area is 121 Å². The molecule has 8 heteroatoms. The van der Waals surface area contributed by atoms with Gasteiger partial charge in [-0.2, -0.15) is 0 Å². The van der Waals surface area contributed by atoms with E-state index in [0.717, 1.165) is 5.06 Å². The second kappa shape index (κ2) is 5.34. The molecule has 21 heavy (non-hydrogen) atoms. The summed E-state index contributed by atoms with van der Waals surface area (Å²) in [5.41, 5.74) is 5.88. The van der Waals surface area contributed by atoms with Crippen LogP contribution in [0, 0.1) is 5.92 Å². The van der Waals surface area contributed by atoms with Gasteiger partial charge in [-0.05, 0) is 18.4 Å². The predicted molar refractivity (Wildman–Crippen MR) is 70.3 cm³/mol. The van der Waals surface area contributed by atoms with Crippen LogP contribution in [0.1, 0.15) is 20.8 Å². The third-order valence-electron chi connectivity index (χ3n) is 3.59. The number of nitrogens with two attached hydrogens (primary N) is 1. The quantitative estimate of drug-likeness (QED) is 0.758. The maximum Gasteiger partial charge on any atom is 0.366 e. The van der Waals surface area contributed by atoms with Crippen molar-refractivity contribution in [3.63, 3.8) is 0 Å². The highest BCUT2D eigenvalue weighted by atomic mass is 19.1. The molecule has 0 radical (unpaired) electrons. The molecule has 0 saturated carbocycles. The largest absolute Gasteiger partial charge is 0.368 e. The van der Waals surface area contributed by atoms with Crippen molar-refractivity contribution in [1.29, 1.82) is 0 Å². The number of fused-ring (bicyclic) bond motifs is 2. The summed E-state index contributed by atoms with van der Waals surface area (Å²) in [6.45, 7) is 4.91. The molecular formula is C13H18FN3O4. The van der Waals surface area contributed by atoms with Crippen molar-refractivity contribution >= 4 is 17.9 Å². The summed E-state index contributed by atoms with van der Waals surface area (Å²) in [6, 6.07) is -2.05. The zero-order valence-electron chi connectivity index (χ0n) is 12.1. The highest BCUT2D eigenvalue weighted by molar-refractivity contribution is 5.91. The first-order valence-corrected chi connectivity index (χ1v) is 6.67. The molecule has 2 aliphatic rings. The Hall–Kier alpha value is -2.12. The van der Waals surface area contributed by atoms with Gasteiger partial charge in [0.05, 0.1) is 6.54 Å². The minimum atomic E-state index is -1.81. The fraction of sp³-hybridized carbons (Fsp3) is 0.615. The molecule has 2 bridgehead atoms. The van der Waals surface area contributed by atoms with Crippen LogP contribution in [-0.2, 0) is 14.4 Å². The second-order valence-corrected chi connectivity index (χ2v) is 5.60. The smallest absolute Gasteiger partial charge is 0.366 e. The molecule has 2 aliphatic heterocycles. The molecule has 2 N–H and O–H groups in total. The number of hydroxylamine groups is 2. The summed E-state index contributed by atoms with van der Waals surface area (Å²) in [6.07, 6.45) is -0.183. The number of alkyl halides is 1. The van der Waals surface area contributed by atoms with E-state index in [4.69, 9.17) is 10.6 Å². The van der Waals surface area contributed by atoms with Gasteiger partial charge in [0, 0.05) is 0 Å². The van der Waals surface area contributed by atoms with E-state index < -0.39 is 42.1 Å². The molecule has 2 heterocycles. The molecule has 0 spiro atoms. The zero-order chi connectivity index (χ0) is 15.9. The summed E-state index contributed by atoms with van der Waals surface area (Å²) < 4.78 is 13.6. The van der Waals surface area contributed by atoms with Gasteiger partial charge in [0.2, 0.25) is 12.1 Å². The minimum absolute atomic E-state index is 0.176. The van der Waals surface area contributed by atoms with Gasteiger partial charge >= 0.3 is 12.0 Å². The topological polar surface area (TPSA) is 92.9 Å².